The van der Waals surface area contributed by atoms with Gasteiger partial charge in [-0.15, -0.1) is 0 Å². The Morgan fingerprint density at radius 2 is 0.736 bits per heavy atom. The van der Waals surface area contributed by atoms with Crippen LogP contribution in [0.25, 0.3) is 0 Å². The molecule has 302 valence electrons. The number of esters is 3. The Hall–Kier alpha value is -3.15. The molecule has 6 nitrogen and oxygen atoms in total. The van der Waals surface area contributed by atoms with E-state index in [2.05, 4.69) is 93.7 Å². The van der Waals surface area contributed by atoms with Gasteiger partial charge < -0.3 is 14.2 Å². The van der Waals surface area contributed by atoms with E-state index < -0.39 is 6.10 Å². The molecule has 0 saturated heterocycles. The molecule has 0 aromatic carbocycles. The summed E-state index contributed by atoms with van der Waals surface area (Å²) >= 11 is 0. The first kappa shape index (κ1) is 49.9. The Kier molecular flexibility index (Phi) is 39.1. The Morgan fingerprint density at radius 1 is 0.396 bits per heavy atom. The van der Waals surface area contributed by atoms with Gasteiger partial charge in [0.05, 0.1) is 0 Å². The van der Waals surface area contributed by atoms with Crippen LogP contribution in [0.5, 0.6) is 0 Å². The molecular weight excluding hydrogens is 661 g/mol. The van der Waals surface area contributed by atoms with Crippen LogP contribution >= 0.6 is 0 Å². The monoisotopic (exact) mass is 739 g/mol. The van der Waals surface area contributed by atoms with Gasteiger partial charge in [-0.2, -0.15) is 0 Å². The predicted molar refractivity (Wildman–Crippen MR) is 224 cm³/mol. The van der Waals surface area contributed by atoms with Crippen molar-refractivity contribution in [2.75, 3.05) is 13.2 Å². The van der Waals surface area contributed by atoms with Crippen molar-refractivity contribution in [2.45, 2.75) is 194 Å². The molecule has 6 heteroatoms. The zero-order valence-corrected chi connectivity index (χ0v) is 34.3. The zero-order chi connectivity index (χ0) is 38.7. The van der Waals surface area contributed by atoms with Crippen LogP contribution in [0.15, 0.2) is 72.9 Å². The molecule has 0 spiro atoms. The summed E-state index contributed by atoms with van der Waals surface area (Å²) < 4.78 is 16.6. The normalized spacial score (nSPS) is 12.7. The lowest BCUT2D eigenvalue weighted by Crippen LogP contribution is -2.30. The molecule has 0 saturated carbocycles. The molecule has 1 unspecified atom stereocenters. The van der Waals surface area contributed by atoms with Gasteiger partial charge in [0.25, 0.3) is 0 Å². The fourth-order valence-corrected chi connectivity index (χ4v) is 5.53. The van der Waals surface area contributed by atoms with Gasteiger partial charge in [-0.25, -0.2) is 0 Å². The molecule has 53 heavy (non-hydrogen) atoms. The third-order valence-electron chi connectivity index (χ3n) is 8.71. The molecule has 0 fully saturated rings. The molecule has 0 N–H and O–H groups in total. The SMILES string of the molecule is CC/C=C\C/C=C\C/C=C\CCCCCCCC(=O)OCC(COC(=O)CCCCCCCCC)OC(=O)CCCCC/C=C\C/C=C\C/C=C\CC. The molecule has 1 atom stereocenters. The van der Waals surface area contributed by atoms with Gasteiger partial charge in [-0.1, -0.05) is 158 Å². The van der Waals surface area contributed by atoms with E-state index in [0.717, 1.165) is 122 Å². The molecule has 0 bridgehead atoms. The second-order valence-electron chi connectivity index (χ2n) is 13.8. The van der Waals surface area contributed by atoms with Gasteiger partial charge in [0.2, 0.25) is 0 Å². The van der Waals surface area contributed by atoms with Gasteiger partial charge in [0, 0.05) is 19.3 Å². The highest BCUT2D eigenvalue weighted by atomic mass is 16.6. The summed E-state index contributed by atoms with van der Waals surface area (Å²) in [4.78, 5) is 37.5. The smallest absolute Gasteiger partial charge is 0.306 e. The first-order valence-corrected chi connectivity index (χ1v) is 21.4. The number of rotatable bonds is 37. The fraction of sp³-hybridized carbons (Fsp3) is 0.681. The topological polar surface area (TPSA) is 78.9 Å². The maximum absolute atomic E-state index is 12.7. The lowest BCUT2D eigenvalue weighted by atomic mass is 10.1. The van der Waals surface area contributed by atoms with E-state index in [1.165, 1.54) is 25.7 Å². The average molecular weight is 739 g/mol. The highest BCUT2D eigenvalue weighted by molar-refractivity contribution is 5.71. The maximum Gasteiger partial charge on any atom is 0.306 e. The minimum absolute atomic E-state index is 0.0937. The van der Waals surface area contributed by atoms with Crippen LogP contribution in [0, 0.1) is 0 Å². The molecule has 0 rings (SSSR count). The summed E-state index contributed by atoms with van der Waals surface area (Å²) in [5.41, 5.74) is 0. The van der Waals surface area contributed by atoms with Crippen LogP contribution in [0.3, 0.4) is 0 Å². The van der Waals surface area contributed by atoms with E-state index in [9.17, 15) is 14.4 Å². The number of carbonyl (C=O) groups excluding carboxylic acids is 3. The van der Waals surface area contributed by atoms with Crippen LogP contribution in [0.2, 0.25) is 0 Å². The van der Waals surface area contributed by atoms with Crippen molar-refractivity contribution < 1.29 is 28.6 Å². The Morgan fingerprint density at radius 3 is 1.17 bits per heavy atom. The maximum atomic E-state index is 12.7. The van der Waals surface area contributed by atoms with E-state index in [4.69, 9.17) is 14.2 Å². The van der Waals surface area contributed by atoms with Gasteiger partial charge in [0.1, 0.15) is 13.2 Å². The minimum atomic E-state index is -0.792. The van der Waals surface area contributed by atoms with Crippen LogP contribution in [0.4, 0.5) is 0 Å². The van der Waals surface area contributed by atoms with Crippen molar-refractivity contribution >= 4 is 17.9 Å². The number of hydrogen-bond acceptors (Lipinski definition) is 6. The third-order valence-corrected chi connectivity index (χ3v) is 8.71. The van der Waals surface area contributed by atoms with E-state index in [-0.39, 0.29) is 37.5 Å². The summed E-state index contributed by atoms with van der Waals surface area (Å²) in [7, 11) is 0. The van der Waals surface area contributed by atoms with Crippen molar-refractivity contribution in [1.82, 2.24) is 0 Å². The van der Waals surface area contributed by atoms with Crippen LogP contribution in [0.1, 0.15) is 188 Å². The van der Waals surface area contributed by atoms with Crippen molar-refractivity contribution in [3.05, 3.63) is 72.9 Å². The average Bonchev–Trinajstić information content (AvgIpc) is 3.15. The zero-order valence-electron chi connectivity index (χ0n) is 34.3. The largest absolute Gasteiger partial charge is 0.462 e. The van der Waals surface area contributed by atoms with Crippen molar-refractivity contribution in [2.24, 2.45) is 0 Å². The summed E-state index contributed by atoms with van der Waals surface area (Å²) in [6.07, 6.45) is 50.4. The molecule has 0 aromatic rings. The van der Waals surface area contributed by atoms with Gasteiger partial charge in [0.15, 0.2) is 6.10 Å². The van der Waals surface area contributed by atoms with E-state index in [0.29, 0.717) is 12.8 Å². The molecule has 0 heterocycles. The first-order chi connectivity index (χ1) is 26.0. The molecule has 0 aliphatic carbocycles. The van der Waals surface area contributed by atoms with Crippen molar-refractivity contribution in [3.8, 4) is 0 Å². The third kappa shape index (κ3) is 39.9. The summed E-state index contributed by atoms with van der Waals surface area (Å²) in [5.74, 6) is -0.956. The first-order valence-electron chi connectivity index (χ1n) is 21.4. The summed E-state index contributed by atoms with van der Waals surface area (Å²) in [6.45, 7) is 6.30. The Balaban J connectivity index is 4.41. The van der Waals surface area contributed by atoms with Crippen molar-refractivity contribution in [1.29, 1.82) is 0 Å². The molecule has 0 radical (unpaired) electrons. The van der Waals surface area contributed by atoms with Crippen LogP contribution < -0.4 is 0 Å². The lowest BCUT2D eigenvalue weighted by Gasteiger charge is -2.18. The summed E-state index contributed by atoms with van der Waals surface area (Å²) in [5, 5.41) is 0. The lowest BCUT2D eigenvalue weighted by molar-refractivity contribution is -0.167. The van der Waals surface area contributed by atoms with Crippen LogP contribution in [-0.2, 0) is 28.6 Å². The Labute approximate surface area is 325 Å². The van der Waals surface area contributed by atoms with Gasteiger partial charge >= 0.3 is 17.9 Å². The minimum Gasteiger partial charge on any atom is -0.462 e. The van der Waals surface area contributed by atoms with E-state index in [1.807, 2.05) is 0 Å². The van der Waals surface area contributed by atoms with Gasteiger partial charge in [-0.3, -0.25) is 14.4 Å². The van der Waals surface area contributed by atoms with Gasteiger partial charge in [-0.05, 0) is 83.5 Å². The standard InChI is InChI=1S/C47H78O6/c1-4-7-10-13-16-18-20-22-23-25-26-28-31-34-37-40-46(49)52-43-44(42-51-45(48)39-36-33-30-15-12-9-6-3)53-47(50)41-38-35-32-29-27-24-21-19-17-14-11-8-5-2/h7-8,10-11,16-19,22-24,27,44H,4-6,9,12-15,20-21,25-26,28-43H2,1-3H3/b10-7-,11-8-,18-16-,19-17-,23-22-,27-24-. The second-order valence-corrected chi connectivity index (χ2v) is 13.8. The molecule has 0 aromatic heterocycles. The number of carbonyl (C=O) groups is 3. The number of unbranched alkanes of at least 4 members (excludes halogenated alkanes) is 14. The predicted octanol–water partition coefficient (Wildman–Crippen LogP) is 13.5. The highest BCUT2D eigenvalue weighted by Gasteiger charge is 2.19. The number of ether oxygens (including phenoxy) is 3. The van der Waals surface area contributed by atoms with Crippen LogP contribution in [-0.4, -0.2) is 37.2 Å². The Bertz CT molecular complexity index is 1030. The highest BCUT2D eigenvalue weighted by Crippen LogP contribution is 2.12. The molecule has 0 aliphatic rings. The summed E-state index contributed by atoms with van der Waals surface area (Å²) in [6, 6.07) is 0. The molecular formula is C47H78O6. The van der Waals surface area contributed by atoms with E-state index in [1.54, 1.807) is 0 Å². The molecule has 0 amide bonds. The quantitative estimate of drug-likeness (QED) is 0.0273. The van der Waals surface area contributed by atoms with E-state index >= 15 is 0 Å². The number of hydrogen-bond donors (Lipinski definition) is 0. The molecule has 0 aliphatic heterocycles. The second kappa shape index (κ2) is 41.6. The number of allylic oxidation sites excluding steroid dienone is 12. The van der Waals surface area contributed by atoms with Crippen molar-refractivity contribution in [3.63, 3.8) is 0 Å². The fourth-order valence-electron chi connectivity index (χ4n) is 5.53.